The molecule has 1 aliphatic heterocycles. The summed E-state index contributed by atoms with van der Waals surface area (Å²) in [4.78, 5) is 2.53. The van der Waals surface area contributed by atoms with Crippen molar-refractivity contribution < 1.29 is 5.11 Å². The Bertz CT molecular complexity index is 216. The number of hydrogen-bond acceptors (Lipinski definition) is 3. The molecule has 1 saturated heterocycles. The minimum absolute atomic E-state index is 0.364. The van der Waals surface area contributed by atoms with Crippen LogP contribution >= 0.6 is 0 Å². The second kappa shape index (κ2) is 5.48. The molecule has 0 amide bonds. The van der Waals surface area contributed by atoms with Gasteiger partial charge in [-0.05, 0) is 58.2 Å². The van der Waals surface area contributed by atoms with Gasteiger partial charge in [0.05, 0.1) is 5.60 Å². The van der Waals surface area contributed by atoms with Crippen LogP contribution in [0.25, 0.3) is 0 Å². The van der Waals surface area contributed by atoms with E-state index < -0.39 is 0 Å². The van der Waals surface area contributed by atoms with E-state index in [1.54, 1.807) is 0 Å². The van der Waals surface area contributed by atoms with E-state index in [1.807, 2.05) is 0 Å². The summed E-state index contributed by atoms with van der Waals surface area (Å²) in [6.07, 6.45) is 6.99. The predicted octanol–water partition coefficient (Wildman–Crippen LogP) is 1.37. The number of nitrogens with one attached hydrogen (secondary N) is 1. The van der Waals surface area contributed by atoms with Gasteiger partial charge in [-0.1, -0.05) is 6.92 Å². The summed E-state index contributed by atoms with van der Waals surface area (Å²) in [6, 6.07) is 0.626. The molecule has 1 aliphatic carbocycles. The Morgan fingerprint density at radius 1 is 1.25 bits per heavy atom. The fraction of sp³-hybridized carbons (Fsp3) is 1.00. The van der Waals surface area contributed by atoms with Crippen molar-refractivity contribution in [2.45, 2.75) is 57.1 Å². The van der Waals surface area contributed by atoms with Gasteiger partial charge >= 0.3 is 0 Å². The summed E-state index contributed by atoms with van der Waals surface area (Å²) in [5, 5.41) is 13.6. The third-order valence-electron chi connectivity index (χ3n) is 4.27. The Labute approximate surface area is 99.2 Å². The van der Waals surface area contributed by atoms with Crippen LogP contribution in [0.5, 0.6) is 0 Å². The molecule has 1 atom stereocenters. The first-order valence-electron chi connectivity index (χ1n) is 6.90. The van der Waals surface area contributed by atoms with Gasteiger partial charge in [-0.2, -0.15) is 0 Å². The number of aliphatic hydroxyl groups is 1. The van der Waals surface area contributed by atoms with E-state index >= 15 is 0 Å². The third-order valence-corrected chi connectivity index (χ3v) is 4.27. The van der Waals surface area contributed by atoms with E-state index in [0.29, 0.717) is 6.04 Å². The molecule has 3 heteroatoms. The summed E-state index contributed by atoms with van der Waals surface area (Å²) in [5.41, 5.74) is -0.364. The second-order valence-corrected chi connectivity index (χ2v) is 5.52. The van der Waals surface area contributed by atoms with E-state index in [2.05, 4.69) is 17.1 Å². The quantitative estimate of drug-likeness (QED) is 0.760. The number of hydrogen-bond donors (Lipinski definition) is 2. The van der Waals surface area contributed by atoms with Crippen LogP contribution in [0.4, 0.5) is 0 Å². The van der Waals surface area contributed by atoms with Crippen LogP contribution in [0.15, 0.2) is 0 Å². The lowest BCUT2D eigenvalue weighted by molar-refractivity contribution is -0.0334. The fourth-order valence-corrected chi connectivity index (χ4v) is 2.77. The first-order chi connectivity index (χ1) is 7.72. The lowest BCUT2D eigenvalue weighted by Gasteiger charge is -2.38. The monoisotopic (exact) mass is 226 g/mol. The zero-order chi connectivity index (χ0) is 11.4. The molecule has 0 aromatic carbocycles. The van der Waals surface area contributed by atoms with Gasteiger partial charge in [0.1, 0.15) is 0 Å². The largest absolute Gasteiger partial charge is 0.389 e. The number of rotatable bonds is 4. The van der Waals surface area contributed by atoms with Gasteiger partial charge in [0.15, 0.2) is 0 Å². The SMILES string of the molecule is CCN1CCCC(NCC2(O)CCC2)CC1. The van der Waals surface area contributed by atoms with Gasteiger partial charge < -0.3 is 15.3 Å². The molecule has 3 nitrogen and oxygen atoms in total. The molecular formula is C13H26N2O. The third kappa shape index (κ3) is 3.19. The maximum absolute atomic E-state index is 10.0. The van der Waals surface area contributed by atoms with Crippen LogP contribution in [0.3, 0.4) is 0 Å². The molecule has 0 aromatic rings. The van der Waals surface area contributed by atoms with E-state index in [-0.39, 0.29) is 5.60 Å². The Hall–Kier alpha value is -0.120. The highest BCUT2D eigenvalue weighted by atomic mass is 16.3. The molecule has 0 bridgehead atoms. The lowest BCUT2D eigenvalue weighted by atomic mass is 9.80. The summed E-state index contributed by atoms with van der Waals surface area (Å²) in [5.74, 6) is 0. The van der Waals surface area contributed by atoms with Gasteiger partial charge in [-0.3, -0.25) is 0 Å². The highest BCUT2D eigenvalue weighted by Gasteiger charge is 2.34. The summed E-state index contributed by atoms with van der Waals surface area (Å²) >= 11 is 0. The van der Waals surface area contributed by atoms with Crippen LogP contribution in [0.1, 0.15) is 45.4 Å². The van der Waals surface area contributed by atoms with E-state index in [0.717, 1.165) is 19.4 Å². The van der Waals surface area contributed by atoms with Crippen LogP contribution in [-0.4, -0.2) is 47.8 Å². The zero-order valence-electron chi connectivity index (χ0n) is 10.5. The second-order valence-electron chi connectivity index (χ2n) is 5.52. The van der Waals surface area contributed by atoms with Crippen molar-refractivity contribution in [2.24, 2.45) is 0 Å². The Morgan fingerprint density at radius 2 is 2.06 bits per heavy atom. The summed E-state index contributed by atoms with van der Waals surface area (Å²) < 4.78 is 0. The highest BCUT2D eigenvalue weighted by molar-refractivity contribution is 4.90. The molecule has 2 aliphatic rings. The molecule has 1 unspecified atom stereocenters. The topological polar surface area (TPSA) is 35.5 Å². The minimum atomic E-state index is -0.364. The molecule has 94 valence electrons. The number of likely N-dealkylation sites (tertiary alicyclic amines) is 1. The fourth-order valence-electron chi connectivity index (χ4n) is 2.77. The molecular weight excluding hydrogens is 200 g/mol. The lowest BCUT2D eigenvalue weighted by Crippen LogP contribution is -2.49. The molecule has 0 radical (unpaired) electrons. The van der Waals surface area contributed by atoms with Crippen LogP contribution in [-0.2, 0) is 0 Å². The van der Waals surface area contributed by atoms with Gasteiger partial charge in [0.25, 0.3) is 0 Å². The molecule has 2 N–H and O–H groups in total. The van der Waals surface area contributed by atoms with Crippen molar-refractivity contribution >= 4 is 0 Å². The first kappa shape index (κ1) is 12.3. The Kier molecular flexibility index (Phi) is 4.22. The van der Waals surface area contributed by atoms with E-state index in [9.17, 15) is 5.11 Å². The van der Waals surface area contributed by atoms with Gasteiger partial charge in [-0.25, -0.2) is 0 Å². The first-order valence-corrected chi connectivity index (χ1v) is 6.90. The van der Waals surface area contributed by atoms with Crippen molar-refractivity contribution in [3.63, 3.8) is 0 Å². The molecule has 1 heterocycles. The van der Waals surface area contributed by atoms with Crippen LogP contribution < -0.4 is 5.32 Å². The maximum atomic E-state index is 10.0. The summed E-state index contributed by atoms with van der Waals surface area (Å²) in [7, 11) is 0. The van der Waals surface area contributed by atoms with Crippen molar-refractivity contribution in [3.8, 4) is 0 Å². The van der Waals surface area contributed by atoms with E-state index in [4.69, 9.17) is 0 Å². The number of nitrogens with zero attached hydrogens (tertiary/aromatic N) is 1. The molecule has 2 rings (SSSR count). The zero-order valence-corrected chi connectivity index (χ0v) is 10.5. The van der Waals surface area contributed by atoms with Crippen molar-refractivity contribution in [3.05, 3.63) is 0 Å². The molecule has 1 saturated carbocycles. The molecule has 16 heavy (non-hydrogen) atoms. The van der Waals surface area contributed by atoms with Crippen molar-refractivity contribution in [1.82, 2.24) is 10.2 Å². The normalized spacial score (nSPS) is 30.8. The average molecular weight is 226 g/mol. The predicted molar refractivity (Wildman–Crippen MR) is 66.6 cm³/mol. The smallest absolute Gasteiger partial charge is 0.0771 e. The standard InChI is InChI=1S/C13H26N2O/c1-2-15-9-3-5-12(6-10-15)14-11-13(16)7-4-8-13/h12,14,16H,2-11H2,1H3. The molecule has 0 spiro atoms. The van der Waals surface area contributed by atoms with Crippen LogP contribution in [0, 0.1) is 0 Å². The average Bonchev–Trinajstić information content (AvgIpc) is 2.48. The molecule has 2 fully saturated rings. The summed E-state index contributed by atoms with van der Waals surface area (Å²) in [6.45, 7) is 6.69. The molecule has 0 aromatic heterocycles. The Morgan fingerprint density at radius 3 is 2.69 bits per heavy atom. The maximum Gasteiger partial charge on any atom is 0.0771 e. The minimum Gasteiger partial charge on any atom is -0.389 e. The van der Waals surface area contributed by atoms with Gasteiger partial charge in [0, 0.05) is 12.6 Å². The van der Waals surface area contributed by atoms with Crippen LogP contribution in [0.2, 0.25) is 0 Å². The van der Waals surface area contributed by atoms with Crippen molar-refractivity contribution in [2.75, 3.05) is 26.2 Å². The van der Waals surface area contributed by atoms with Gasteiger partial charge in [-0.15, -0.1) is 0 Å². The Balaban J connectivity index is 1.69. The van der Waals surface area contributed by atoms with Crippen molar-refractivity contribution in [1.29, 1.82) is 0 Å². The van der Waals surface area contributed by atoms with E-state index in [1.165, 1.54) is 45.3 Å². The van der Waals surface area contributed by atoms with Gasteiger partial charge in [0.2, 0.25) is 0 Å². The highest BCUT2D eigenvalue weighted by Crippen LogP contribution is 2.30.